The Morgan fingerprint density at radius 2 is 2.27 bits per heavy atom. The summed E-state index contributed by atoms with van der Waals surface area (Å²) >= 11 is 0. The summed E-state index contributed by atoms with van der Waals surface area (Å²) < 4.78 is 23.2. The van der Waals surface area contributed by atoms with Gasteiger partial charge in [-0.25, -0.2) is 4.39 Å². The highest BCUT2D eigenvalue weighted by Gasteiger charge is 2.26. The van der Waals surface area contributed by atoms with E-state index >= 15 is 0 Å². The number of alkyl halides is 1. The topological polar surface area (TPSA) is 18.5 Å². The van der Waals surface area contributed by atoms with Gasteiger partial charge < -0.3 is 9.47 Å². The predicted molar refractivity (Wildman–Crippen MR) is 40.3 cm³/mol. The van der Waals surface area contributed by atoms with Crippen LogP contribution < -0.4 is 0 Å². The second-order valence-electron chi connectivity index (χ2n) is 3.10. The summed E-state index contributed by atoms with van der Waals surface area (Å²) in [5, 5.41) is 0. The van der Waals surface area contributed by atoms with Crippen LogP contribution in [-0.2, 0) is 9.47 Å². The lowest BCUT2D eigenvalue weighted by molar-refractivity contribution is -0.103. The zero-order chi connectivity index (χ0) is 8.27. The van der Waals surface area contributed by atoms with Crippen LogP contribution in [0.25, 0.3) is 0 Å². The smallest absolute Gasteiger partial charge is 0.149 e. The first-order valence-corrected chi connectivity index (χ1v) is 4.07. The van der Waals surface area contributed by atoms with Crippen LogP contribution >= 0.6 is 0 Å². The molecule has 66 valence electrons. The van der Waals surface area contributed by atoms with Crippen molar-refractivity contribution in [2.75, 3.05) is 13.2 Å². The van der Waals surface area contributed by atoms with Crippen LogP contribution in [0, 0.1) is 0 Å². The fourth-order valence-corrected chi connectivity index (χ4v) is 1.19. The number of hydrogen-bond donors (Lipinski definition) is 0. The summed E-state index contributed by atoms with van der Waals surface area (Å²) in [6.07, 6.45) is -0.398. The number of hydrogen-bond acceptors (Lipinski definition) is 2. The van der Waals surface area contributed by atoms with Crippen LogP contribution in [0.15, 0.2) is 0 Å². The first-order valence-electron chi connectivity index (χ1n) is 4.07. The first-order chi connectivity index (χ1) is 5.20. The van der Waals surface area contributed by atoms with Crippen LogP contribution in [0.4, 0.5) is 4.39 Å². The Balaban J connectivity index is 2.29. The minimum atomic E-state index is -0.939. The van der Waals surface area contributed by atoms with Crippen LogP contribution in [0.3, 0.4) is 0 Å². The molecule has 0 radical (unpaired) electrons. The molecule has 11 heavy (non-hydrogen) atoms. The molecule has 0 bridgehead atoms. The standard InChI is InChI=1S/C8H15FO2/c1-6(2)11-8-3-4-10-5-7(8)9/h6-8H,3-5H2,1-2H3/t7-,8+/m1/s1. The van der Waals surface area contributed by atoms with Crippen LogP contribution in [0.2, 0.25) is 0 Å². The van der Waals surface area contributed by atoms with Gasteiger partial charge in [-0.2, -0.15) is 0 Å². The minimum Gasteiger partial charge on any atom is -0.378 e. The lowest BCUT2D eigenvalue weighted by Crippen LogP contribution is -2.37. The molecule has 0 amide bonds. The molecule has 1 fully saturated rings. The SMILES string of the molecule is CC(C)O[C@H]1CCOC[C@H]1F. The first kappa shape index (κ1) is 8.94. The van der Waals surface area contributed by atoms with Crippen molar-refractivity contribution in [3.8, 4) is 0 Å². The maximum Gasteiger partial charge on any atom is 0.149 e. The Labute approximate surface area is 66.7 Å². The summed E-state index contributed by atoms with van der Waals surface area (Å²) in [6, 6.07) is 0. The molecule has 0 unspecified atom stereocenters. The number of halogens is 1. The molecule has 1 saturated heterocycles. The number of ether oxygens (including phenoxy) is 2. The van der Waals surface area contributed by atoms with Crippen LogP contribution in [0.5, 0.6) is 0 Å². The van der Waals surface area contributed by atoms with Gasteiger partial charge in [0, 0.05) is 6.61 Å². The Bertz CT molecular complexity index is 117. The normalized spacial score (nSPS) is 32.7. The lowest BCUT2D eigenvalue weighted by Gasteiger charge is -2.27. The van der Waals surface area contributed by atoms with E-state index in [9.17, 15) is 4.39 Å². The van der Waals surface area contributed by atoms with E-state index in [1.165, 1.54) is 0 Å². The maximum atomic E-state index is 13.0. The summed E-state index contributed by atoms with van der Waals surface area (Å²) in [6.45, 7) is 4.65. The van der Waals surface area contributed by atoms with Crippen molar-refractivity contribution < 1.29 is 13.9 Å². The largest absolute Gasteiger partial charge is 0.378 e. The van der Waals surface area contributed by atoms with Crippen molar-refractivity contribution in [3.63, 3.8) is 0 Å². The molecule has 0 aromatic rings. The van der Waals surface area contributed by atoms with Gasteiger partial charge in [-0.05, 0) is 20.3 Å². The van der Waals surface area contributed by atoms with E-state index in [-0.39, 0.29) is 18.8 Å². The van der Waals surface area contributed by atoms with Gasteiger partial charge in [-0.1, -0.05) is 0 Å². The second-order valence-corrected chi connectivity index (χ2v) is 3.10. The molecule has 0 N–H and O–H groups in total. The van der Waals surface area contributed by atoms with Crippen LogP contribution in [0.1, 0.15) is 20.3 Å². The van der Waals surface area contributed by atoms with Crippen molar-refractivity contribution in [2.24, 2.45) is 0 Å². The molecule has 0 saturated carbocycles. The monoisotopic (exact) mass is 162 g/mol. The molecule has 3 heteroatoms. The molecule has 1 aliphatic heterocycles. The van der Waals surface area contributed by atoms with Gasteiger partial charge in [0.25, 0.3) is 0 Å². The van der Waals surface area contributed by atoms with Gasteiger partial charge in [-0.3, -0.25) is 0 Å². The van der Waals surface area contributed by atoms with E-state index in [0.717, 1.165) is 0 Å². The Hall–Kier alpha value is -0.150. The summed E-state index contributed by atoms with van der Waals surface area (Å²) in [5.74, 6) is 0. The summed E-state index contributed by atoms with van der Waals surface area (Å²) in [7, 11) is 0. The molecular weight excluding hydrogens is 147 g/mol. The Morgan fingerprint density at radius 1 is 1.55 bits per heavy atom. The van der Waals surface area contributed by atoms with Crippen molar-refractivity contribution in [3.05, 3.63) is 0 Å². The highest BCUT2D eigenvalue weighted by Crippen LogP contribution is 2.16. The zero-order valence-electron chi connectivity index (χ0n) is 7.05. The van der Waals surface area contributed by atoms with Gasteiger partial charge in [0.15, 0.2) is 0 Å². The average Bonchev–Trinajstić information content (AvgIpc) is 1.93. The minimum absolute atomic E-state index is 0.108. The summed E-state index contributed by atoms with van der Waals surface area (Å²) in [5.41, 5.74) is 0. The molecular formula is C8H15FO2. The molecule has 1 rings (SSSR count). The quantitative estimate of drug-likeness (QED) is 0.613. The highest BCUT2D eigenvalue weighted by atomic mass is 19.1. The van der Waals surface area contributed by atoms with Gasteiger partial charge >= 0.3 is 0 Å². The van der Waals surface area contributed by atoms with Crippen molar-refractivity contribution >= 4 is 0 Å². The molecule has 1 heterocycles. The molecule has 0 spiro atoms. The fraction of sp³-hybridized carbons (Fsp3) is 1.00. The fourth-order valence-electron chi connectivity index (χ4n) is 1.19. The molecule has 2 nitrogen and oxygen atoms in total. The van der Waals surface area contributed by atoms with E-state index in [1.807, 2.05) is 13.8 Å². The number of rotatable bonds is 2. The third-order valence-corrected chi connectivity index (χ3v) is 1.67. The molecule has 2 atom stereocenters. The second kappa shape index (κ2) is 4.02. The predicted octanol–water partition coefficient (Wildman–Crippen LogP) is 1.54. The molecule has 1 aliphatic rings. The van der Waals surface area contributed by atoms with Crippen LogP contribution in [-0.4, -0.2) is 31.6 Å². The van der Waals surface area contributed by atoms with Crippen molar-refractivity contribution in [1.82, 2.24) is 0 Å². The maximum absolute atomic E-state index is 13.0. The van der Waals surface area contributed by atoms with Gasteiger partial charge in [0.05, 0.1) is 18.8 Å². The van der Waals surface area contributed by atoms with Gasteiger partial charge in [0.2, 0.25) is 0 Å². The summed E-state index contributed by atoms with van der Waals surface area (Å²) in [4.78, 5) is 0. The van der Waals surface area contributed by atoms with E-state index in [1.54, 1.807) is 0 Å². The molecule has 0 aromatic heterocycles. The lowest BCUT2D eigenvalue weighted by atomic mass is 10.1. The molecule has 0 aromatic carbocycles. The van der Waals surface area contributed by atoms with E-state index < -0.39 is 6.17 Å². The third kappa shape index (κ3) is 2.75. The van der Waals surface area contributed by atoms with Crippen molar-refractivity contribution in [2.45, 2.75) is 38.6 Å². The van der Waals surface area contributed by atoms with Gasteiger partial charge in [-0.15, -0.1) is 0 Å². The van der Waals surface area contributed by atoms with E-state index in [4.69, 9.17) is 9.47 Å². The highest BCUT2D eigenvalue weighted by molar-refractivity contribution is 4.73. The molecule has 0 aliphatic carbocycles. The van der Waals surface area contributed by atoms with E-state index in [2.05, 4.69) is 0 Å². The van der Waals surface area contributed by atoms with E-state index in [0.29, 0.717) is 13.0 Å². The Kier molecular flexibility index (Phi) is 3.27. The van der Waals surface area contributed by atoms with Crippen molar-refractivity contribution in [1.29, 1.82) is 0 Å². The third-order valence-electron chi connectivity index (χ3n) is 1.67. The average molecular weight is 162 g/mol. The van der Waals surface area contributed by atoms with Gasteiger partial charge in [0.1, 0.15) is 6.17 Å². The Morgan fingerprint density at radius 3 is 2.82 bits per heavy atom. The zero-order valence-corrected chi connectivity index (χ0v) is 7.05.